The number of ether oxygens (including phenoxy) is 2. The van der Waals surface area contributed by atoms with Gasteiger partial charge in [-0.25, -0.2) is 4.79 Å². The van der Waals surface area contributed by atoms with Gasteiger partial charge in [0.05, 0.1) is 26.9 Å². The van der Waals surface area contributed by atoms with E-state index in [1.165, 1.54) is 0 Å². The number of carbonyl (C=O) groups is 2. The van der Waals surface area contributed by atoms with Gasteiger partial charge in [0.2, 0.25) is 5.91 Å². The number of para-hydroxylation sites is 1. The Hall–Kier alpha value is -3.88. The maximum absolute atomic E-state index is 12.8. The first kappa shape index (κ1) is 25.2. The van der Waals surface area contributed by atoms with Crippen LogP contribution in [-0.4, -0.2) is 61.6 Å². The maximum atomic E-state index is 12.8. The Labute approximate surface area is 211 Å². The Kier molecular flexibility index (Phi) is 8.91. The zero-order valence-electron chi connectivity index (χ0n) is 20.5. The SMILES string of the molecule is COc1ccc(COCc2cccc(NC(=O)N3CCN(CC(=O)Nc4ccccc4)CC3)c2)cc1. The van der Waals surface area contributed by atoms with E-state index in [1.807, 2.05) is 78.9 Å². The van der Waals surface area contributed by atoms with E-state index in [1.54, 1.807) is 12.0 Å². The zero-order chi connectivity index (χ0) is 25.2. The van der Waals surface area contributed by atoms with Gasteiger partial charge in [-0.15, -0.1) is 0 Å². The predicted molar refractivity (Wildman–Crippen MR) is 140 cm³/mol. The molecule has 2 N–H and O–H groups in total. The molecule has 1 saturated heterocycles. The molecule has 188 valence electrons. The standard InChI is InChI=1S/C28H32N4O4/c1-35-26-12-10-22(11-13-26)20-36-21-23-6-5-9-25(18-23)30-28(34)32-16-14-31(15-17-32)19-27(33)29-24-7-3-2-4-8-24/h2-13,18H,14-17,19-21H2,1H3,(H,29,33)(H,30,34). The lowest BCUT2D eigenvalue weighted by atomic mass is 10.2. The van der Waals surface area contributed by atoms with Crippen LogP contribution in [0.4, 0.5) is 16.2 Å². The van der Waals surface area contributed by atoms with E-state index in [0.29, 0.717) is 45.9 Å². The van der Waals surface area contributed by atoms with E-state index in [0.717, 1.165) is 28.3 Å². The quantitative estimate of drug-likeness (QED) is 0.472. The number of anilines is 2. The van der Waals surface area contributed by atoms with E-state index >= 15 is 0 Å². The van der Waals surface area contributed by atoms with Gasteiger partial charge in [0.1, 0.15) is 5.75 Å². The van der Waals surface area contributed by atoms with Gasteiger partial charge in [-0.2, -0.15) is 0 Å². The van der Waals surface area contributed by atoms with Crippen molar-refractivity contribution in [2.75, 3.05) is 50.5 Å². The first-order valence-electron chi connectivity index (χ1n) is 12.0. The van der Waals surface area contributed by atoms with Crippen molar-refractivity contribution in [2.45, 2.75) is 13.2 Å². The third-order valence-corrected chi connectivity index (χ3v) is 5.96. The van der Waals surface area contributed by atoms with Crippen LogP contribution < -0.4 is 15.4 Å². The Morgan fingerprint density at radius 2 is 1.47 bits per heavy atom. The first-order chi connectivity index (χ1) is 17.6. The number of hydrogen-bond acceptors (Lipinski definition) is 5. The van der Waals surface area contributed by atoms with Crippen molar-refractivity contribution < 1.29 is 19.1 Å². The lowest BCUT2D eigenvalue weighted by molar-refractivity contribution is -0.117. The molecule has 0 unspecified atom stereocenters. The Balaban J connectivity index is 1.19. The first-order valence-corrected chi connectivity index (χ1v) is 12.0. The molecular formula is C28H32N4O4. The van der Waals surface area contributed by atoms with Gasteiger partial charge in [0.15, 0.2) is 0 Å². The highest BCUT2D eigenvalue weighted by atomic mass is 16.5. The monoisotopic (exact) mass is 488 g/mol. The van der Waals surface area contributed by atoms with Gasteiger partial charge < -0.3 is 25.0 Å². The molecule has 4 rings (SSSR count). The van der Waals surface area contributed by atoms with Crippen LogP contribution in [0.15, 0.2) is 78.9 Å². The van der Waals surface area contributed by atoms with Crippen molar-refractivity contribution in [3.63, 3.8) is 0 Å². The summed E-state index contributed by atoms with van der Waals surface area (Å²) in [5.41, 5.74) is 3.57. The predicted octanol–water partition coefficient (Wildman–Crippen LogP) is 4.20. The van der Waals surface area contributed by atoms with Crippen molar-refractivity contribution in [3.05, 3.63) is 90.0 Å². The smallest absolute Gasteiger partial charge is 0.321 e. The van der Waals surface area contributed by atoms with Crippen LogP contribution in [-0.2, 0) is 22.7 Å². The number of piperazine rings is 1. The van der Waals surface area contributed by atoms with Crippen LogP contribution in [0.1, 0.15) is 11.1 Å². The molecule has 0 bridgehead atoms. The molecule has 1 heterocycles. The molecule has 1 fully saturated rings. The molecular weight excluding hydrogens is 456 g/mol. The van der Waals surface area contributed by atoms with Crippen LogP contribution in [0.3, 0.4) is 0 Å². The maximum Gasteiger partial charge on any atom is 0.321 e. The number of nitrogens with zero attached hydrogens (tertiary/aromatic N) is 2. The summed E-state index contributed by atoms with van der Waals surface area (Å²) < 4.78 is 11.0. The van der Waals surface area contributed by atoms with Gasteiger partial charge >= 0.3 is 6.03 Å². The van der Waals surface area contributed by atoms with E-state index < -0.39 is 0 Å². The van der Waals surface area contributed by atoms with Crippen molar-refractivity contribution in [2.24, 2.45) is 0 Å². The minimum atomic E-state index is -0.139. The van der Waals surface area contributed by atoms with E-state index in [4.69, 9.17) is 9.47 Å². The molecule has 0 aliphatic carbocycles. The second-order valence-corrected chi connectivity index (χ2v) is 8.65. The molecule has 3 aromatic rings. The number of urea groups is 1. The molecule has 1 aliphatic heterocycles. The minimum absolute atomic E-state index is 0.0508. The highest BCUT2D eigenvalue weighted by molar-refractivity contribution is 5.92. The average molecular weight is 489 g/mol. The van der Waals surface area contributed by atoms with Crippen LogP contribution in [0, 0.1) is 0 Å². The lowest BCUT2D eigenvalue weighted by Crippen LogP contribution is -2.51. The number of amides is 3. The Bertz CT molecular complexity index is 1130. The van der Waals surface area contributed by atoms with Gasteiger partial charge in [-0.1, -0.05) is 42.5 Å². The molecule has 3 amide bonds. The second kappa shape index (κ2) is 12.7. The molecule has 0 atom stereocenters. The van der Waals surface area contributed by atoms with Crippen LogP contribution in [0.2, 0.25) is 0 Å². The molecule has 1 aliphatic rings. The van der Waals surface area contributed by atoms with E-state index in [-0.39, 0.29) is 11.9 Å². The zero-order valence-corrected chi connectivity index (χ0v) is 20.5. The summed E-state index contributed by atoms with van der Waals surface area (Å²) in [4.78, 5) is 28.9. The van der Waals surface area contributed by atoms with Gasteiger partial charge in [-0.3, -0.25) is 9.69 Å². The number of nitrogens with one attached hydrogen (secondary N) is 2. The molecule has 8 nitrogen and oxygen atoms in total. The summed E-state index contributed by atoms with van der Waals surface area (Å²) in [6, 6.07) is 24.7. The van der Waals surface area contributed by atoms with Crippen LogP contribution >= 0.6 is 0 Å². The normalized spacial score (nSPS) is 13.8. The summed E-state index contributed by atoms with van der Waals surface area (Å²) in [7, 11) is 1.64. The highest BCUT2D eigenvalue weighted by Gasteiger charge is 2.22. The molecule has 0 aromatic heterocycles. The van der Waals surface area contributed by atoms with Crippen molar-refractivity contribution in [3.8, 4) is 5.75 Å². The summed E-state index contributed by atoms with van der Waals surface area (Å²) in [6.45, 7) is 3.67. The number of hydrogen-bond donors (Lipinski definition) is 2. The third kappa shape index (κ3) is 7.56. The van der Waals surface area contributed by atoms with Crippen molar-refractivity contribution >= 4 is 23.3 Å². The minimum Gasteiger partial charge on any atom is -0.497 e. The van der Waals surface area contributed by atoms with Crippen LogP contribution in [0.25, 0.3) is 0 Å². The highest BCUT2D eigenvalue weighted by Crippen LogP contribution is 2.16. The van der Waals surface area contributed by atoms with Crippen molar-refractivity contribution in [1.29, 1.82) is 0 Å². The summed E-state index contributed by atoms with van der Waals surface area (Å²) in [5, 5.41) is 5.88. The molecule has 8 heteroatoms. The molecule has 36 heavy (non-hydrogen) atoms. The summed E-state index contributed by atoms with van der Waals surface area (Å²) in [5.74, 6) is 0.766. The van der Waals surface area contributed by atoms with E-state index in [2.05, 4.69) is 15.5 Å². The van der Waals surface area contributed by atoms with Gasteiger partial charge in [-0.05, 0) is 47.5 Å². The number of carbonyl (C=O) groups excluding carboxylic acids is 2. The molecule has 0 spiro atoms. The topological polar surface area (TPSA) is 83.1 Å². The Morgan fingerprint density at radius 1 is 0.778 bits per heavy atom. The number of rotatable bonds is 9. The molecule has 0 radical (unpaired) electrons. The lowest BCUT2D eigenvalue weighted by Gasteiger charge is -2.34. The van der Waals surface area contributed by atoms with Gasteiger partial charge in [0.25, 0.3) is 0 Å². The Morgan fingerprint density at radius 3 is 2.19 bits per heavy atom. The second-order valence-electron chi connectivity index (χ2n) is 8.65. The molecule has 3 aromatic carbocycles. The molecule has 0 saturated carbocycles. The fourth-order valence-electron chi connectivity index (χ4n) is 3.98. The fourth-order valence-corrected chi connectivity index (χ4v) is 3.98. The third-order valence-electron chi connectivity index (χ3n) is 5.96. The van der Waals surface area contributed by atoms with Crippen molar-refractivity contribution in [1.82, 2.24) is 9.80 Å². The summed E-state index contributed by atoms with van der Waals surface area (Å²) in [6.07, 6.45) is 0. The summed E-state index contributed by atoms with van der Waals surface area (Å²) >= 11 is 0. The van der Waals surface area contributed by atoms with E-state index in [9.17, 15) is 9.59 Å². The number of benzene rings is 3. The largest absolute Gasteiger partial charge is 0.497 e. The average Bonchev–Trinajstić information content (AvgIpc) is 2.90. The number of methoxy groups -OCH3 is 1. The fraction of sp³-hybridized carbons (Fsp3) is 0.286. The van der Waals surface area contributed by atoms with Gasteiger partial charge in [0, 0.05) is 37.6 Å². The van der Waals surface area contributed by atoms with Crippen LogP contribution in [0.5, 0.6) is 5.75 Å².